The van der Waals surface area contributed by atoms with Crippen LogP contribution in [0.1, 0.15) is 40.2 Å². The number of methoxy groups -OCH3 is 1. The highest BCUT2D eigenvalue weighted by atomic mass is 16.5. The van der Waals surface area contributed by atoms with Gasteiger partial charge in [-0.1, -0.05) is 36.4 Å². The molecule has 0 saturated heterocycles. The molecule has 0 heterocycles. The first-order chi connectivity index (χ1) is 9.79. The number of hydrogen-bond acceptors (Lipinski definition) is 2. The van der Waals surface area contributed by atoms with Crippen LogP contribution in [0.25, 0.3) is 0 Å². The number of rotatable bonds is 3. The Balaban J connectivity index is 1.95. The van der Waals surface area contributed by atoms with Crippen molar-refractivity contribution in [1.82, 2.24) is 0 Å². The van der Waals surface area contributed by atoms with E-state index in [4.69, 9.17) is 4.74 Å². The van der Waals surface area contributed by atoms with Gasteiger partial charge in [0, 0.05) is 11.5 Å². The Bertz CT molecular complexity index is 631. The molecule has 2 aromatic carbocycles. The molecular weight excluding hydrogens is 248 g/mol. The summed E-state index contributed by atoms with van der Waals surface area (Å²) in [6.45, 7) is 0. The zero-order valence-corrected chi connectivity index (χ0v) is 11.6. The molecule has 20 heavy (non-hydrogen) atoms. The van der Waals surface area contributed by atoms with E-state index in [2.05, 4.69) is 18.2 Å². The minimum Gasteiger partial charge on any atom is -0.497 e. The van der Waals surface area contributed by atoms with Gasteiger partial charge in [0.05, 0.1) is 7.11 Å². The van der Waals surface area contributed by atoms with Crippen molar-refractivity contribution in [3.8, 4) is 5.75 Å². The second-order valence-electron chi connectivity index (χ2n) is 5.24. The van der Waals surface area contributed by atoms with E-state index in [1.807, 2.05) is 30.3 Å². The maximum Gasteiger partial charge on any atom is 0.170 e. The van der Waals surface area contributed by atoms with Crippen LogP contribution in [0.15, 0.2) is 48.5 Å². The minimum absolute atomic E-state index is 0.00736. The molecule has 1 aliphatic carbocycles. The third kappa shape index (κ3) is 2.34. The second-order valence-corrected chi connectivity index (χ2v) is 5.24. The molecule has 0 saturated carbocycles. The first-order valence-corrected chi connectivity index (χ1v) is 7.05. The summed E-state index contributed by atoms with van der Waals surface area (Å²) < 4.78 is 5.21. The maximum atomic E-state index is 12.8. The van der Waals surface area contributed by atoms with Gasteiger partial charge in [0.25, 0.3) is 0 Å². The van der Waals surface area contributed by atoms with E-state index in [1.54, 1.807) is 7.11 Å². The number of hydrogen-bond donors (Lipinski definition) is 0. The Kier molecular flexibility index (Phi) is 3.55. The number of ketones is 1. The van der Waals surface area contributed by atoms with Crippen LogP contribution in [0.3, 0.4) is 0 Å². The van der Waals surface area contributed by atoms with Gasteiger partial charge in [0.2, 0.25) is 0 Å². The molecule has 2 aromatic rings. The third-order valence-electron chi connectivity index (χ3n) is 4.04. The molecule has 0 spiro atoms. The van der Waals surface area contributed by atoms with E-state index in [0.717, 1.165) is 30.6 Å². The highest BCUT2D eigenvalue weighted by molar-refractivity contribution is 6.01. The molecule has 0 bridgehead atoms. The third-order valence-corrected chi connectivity index (χ3v) is 4.04. The monoisotopic (exact) mass is 266 g/mol. The summed E-state index contributed by atoms with van der Waals surface area (Å²) in [6.07, 6.45) is 3.10. The molecule has 0 fully saturated rings. The van der Waals surface area contributed by atoms with Gasteiger partial charge in [0.1, 0.15) is 5.75 Å². The van der Waals surface area contributed by atoms with E-state index in [9.17, 15) is 4.79 Å². The summed E-state index contributed by atoms with van der Waals surface area (Å²) in [5.74, 6) is 0.933. The van der Waals surface area contributed by atoms with Crippen molar-refractivity contribution in [1.29, 1.82) is 0 Å². The van der Waals surface area contributed by atoms with Gasteiger partial charge >= 0.3 is 0 Å². The van der Waals surface area contributed by atoms with Gasteiger partial charge in [-0.2, -0.15) is 0 Å². The van der Waals surface area contributed by atoms with Crippen LogP contribution in [0, 0.1) is 0 Å². The fourth-order valence-electron chi connectivity index (χ4n) is 3.00. The average Bonchev–Trinajstić information content (AvgIpc) is 2.53. The maximum absolute atomic E-state index is 12.8. The number of ether oxygens (including phenoxy) is 1. The van der Waals surface area contributed by atoms with Crippen LogP contribution in [-0.4, -0.2) is 12.9 Å². The molecule has 0 amide bonds. The van der Waals surface area contributed by atoms with E-state index in [-0.39, 0.29) is 11.7 Å². The largest absolute Gasteiger partial charge is 0.497 e. The van der Waals surface area contributed by atoms with E-state index in [0.29, 0.717) is 0 Å². The number of carbonyl (C=O) groups excluding carboxylic acids is 1. The van der Waals surface area contributed by atoms with E-state index < -0.39 is 0 Å². The molecule has 102 valence electrons. The first kappa shape index (κ1) is 12.9. The Morgan fingerprint density at radius 3 is 2.85 bits per heavy atom. The van der Waals surface area contributed by atoms with Crippen molar-refractivity contribution in [3.63, 3.8) is 0 Å². The highest BCUT2D eigenvalue weighted by Crippen LogP contribution is 2.34. The molecule has 1 atom stereocenters. The zero-order valence-electron chi connectivity index (χ0n) is 11.6. The summed E-state index contributed by atoms with van der Waals surface area (Å²) in [6, 6.07) is 15.8. The van der Waals surface area contributed by atoms with Crippen molar-refractivity contribution in [2.75, 3.05) is 7.11 Å². The summed E-state index contributed by atoms with van der Waals surface area (Å²) >= 11 is 0. The molecule has 0 aliphatic heterocycles. The van der Waals surface area contributed by atoms with Gasteiger partial charge in [-0.3, -0.25) is 4.79 Å². The van der Waals surface area contributed by atoms with E-state index >= 15 is 0 Å². The topological polar surface area (TPSA) is 26.3 Å². The number of aryl methyl sites for hydroxylation is 1. The lowest BCUT2D eigenvalue weighted by atomic mass is 9.79. The number of fused-ring (bicyclic) bond motifs is 1. The summed E-state index contributed by atoms with van der Waals surface area (Å²) in [5, 5.41) is 0. The minimum atomic E-state index is -0.00736. The SMILES string of the molecule is COc1cccc(C(=O)C2CCCc3ccccc32)c1. The molecule has 2 heteroatoms. The summed E-state index contributed by atoms with van der Waals surface area (Å²) in [7, 11) is 1.62. The molecule has 0 N–H and O–H groups in total. The highest BCUT2D eigenvalue weighted by Gasteiger charge is 2.27. The number of benzene rings is 2. The molecule has 2 nitrogen and oxygen atoms in total. The smallest absolute Gasteiger partial charge is 0.170 e. The Morgan fingerprint density at radius 1 is 1.15 bits per heavy atom. The second kappa shape index (κ2) is 5.49. The van der Waals surface area contributed by atoms with Gasteiger partial charge in [-0.05, 0) is 42.5 Å². The normalized spacial score (nSPS) is 17.4. The fourth-order valence-corrected chi connectivity index (χ4v) is 3.00. The fraction of sp³-hybridized carbons (Fsp3) is 0.278. The van der Waals surface area contributed by atoms with Crippen LogP contribution in [0.5, 0.6) is 5.75 Å². The average molecular weight is 266 g/mol. The summed E-state index contributed by atoms with van der Waals surface area (Å²) in [5.41, 5.74) is 3.26. The molecule has 3 rings (SSSR count). The molecule has 1 aliphatic rings. The van der Waals surface area contributed by atoms with Crippen molar-refractivity contribution in [3.05, 3.63) is 65.2 Å². The Hall–Kier alpha value is -2.09. The lowest BCUT2D eigenvalue weighted by Gasteiger charge is -2.24. The van der Waals surface area contributed by atoms with Crippen LogP contribution < -0.4 is 4.74 Å². The van der Waals surface area contributed by atoms with Crippen molar-refractivity contribution >= 4 is 5.78 Å². The lowest BCUT2D eigenvalue weighted by Crippen LogP contribution is -2.18. The zero-order chi connectivity index (χ0) is 13.9. The number of carbonyl (C=O) groups is 1. The quantitative estimate of drug-likeness (QED) is 0.785. The molecule has 0 aromatic heterocycles. The van der Waals surface area contributed by atoms with E-state index in [1.165, 1.54) is 11.1 Å². The van der Waals surface area contributed by atoms with Crippen LogP contribution >= 0.6 is 0 Å². The van der Waals surface area contributed by atoms with Crippen LogP contribution in [-0.2, 0) is 6.42 Å². The summed E-state index contributed by atoms with van der Waals surface area (Å²) in [4.78, 5) is 12.8. The lowest BCUT2D eigenvalue weighted by molar-refractivity contribution is 0.0950. The molecular formula is C18H18O2. The predicted molar refractivity (Wildman–Crippen MR) is 79.4 cm³/mol. The number of Topliss-reactive ketones (excluding diaryl/α,β-unsaturated/α-hetero) is 1. The van der Waals surface area contributed by atoms with Crippen molar-refractivity contribution < 1.29 is 9.53 Å². The van der Waals surface area contributed by atoms with Crippen molar-refractivity contribution in [2.45, 2.75) is 25.2 Å². The van der Waals surface area contributed by atoms with Gasteiger partial charge in [-0.15, -0.1) is 0 Å². The Morgan fingerprint density at radius 2 is 2.00 bits per heavy atom. The standard InChI is InChI=1S/C18H18O2/c1-20-15-9-4-8-14(12-15)18(19)17-11-5-7-13-6-2-3-10-16(13)17/h2-4,6,8-10,12,17H,5,7,11H2,1H3. The first-order valence-electron chi connectivity index (χ1n) is 7.05. The van der Waals surface area contributed by atoms with Crippen LogP contribution in [0.4, 0.5) is 0 Å². The van der Waals surface area contributed by atoms with Gasteiger partial charge in [-0.25, -0.2) is 0 Å². The molecule has 1 unspecified atom stereocenters. The van der Waals surface area contributed by atoms with Crippen LogP contribution in [0.2, 0.25) is 0 Å². The predicted octanol–water partition coefficient (Wildman–Crippen LogP) is 4.00. The van der Waals surface area contributed by atoms with Gasteiger partial charge < -0.3 is 4.74 Å². The molecule has 0 radical (unpaired) electrons. The van der Waals surface area contributed by atoms with Gasteiger partial charge in [0.15, 0.2) is 5.78 Å². The Labute approximate surface area is 119 Å². The van der Waals surface area contributed by atoms with Crippen molar-refractivity contribution in [2.24, 2.45) is 0 Å².